The summed E-state index contributed by atoms with van der Waals surface area (Å²) in [4.78, 5) is 0. The maximum absolute atomic E-state index is 14.0. The van der Waals surface area contributed by atoms with Crippen LogP contribution in [0.15, 0.2) is 48.7 Å². The van der Waals surface area contributed by atoms with Crippen LogP contribution in [-0.4, -0.2) is 36.6 Å². The SMILES string of the molecule is Fc1ccccc1-c1nnc2ccc(NCCCc3ccn[nH]3)nn12. The first-order valence-electron chi connectivity index (χ1n) is 8.01. The van der Waals surface area contributed by atoms with E-state index in [9.17, 15) is 4.39 Å². The number of benzene rings is 1. The van der Waals surface area contributed by atoms with Crippen molar-refractivity contribution in [2.45, 2.75) is 12.8 Å². The Morgan fingerprint density at radius 3 is 2.84 bits per heavy atom. The molecule has 2 N–H and O–H groups in total. The first-order chi connectivity index (χ1) is 12.3. The molecule has 0 saturated carbocycles. The molecule has 0 aliphatic carbocycles. The monoisotopic (exact) mass is 337 g/mol. The lowest BCUT2D eigenvalue weighted by molar-refractivity contribution is 0.629. The summed E-state index contributed by atoms with van der Waals surface area (Å²) in [7, 11) is 0. The molecule has 0 radical (unpaired) electrons. The van der Waals surface area contributed by atoms with E-state index in [0.29, 0.717) is 22.9 Å². The lowest BCUT2D eigenvalue weighted by Gasteiger charge is -2.06. The van der Waals surface area contributed by atoms with Gasteiger partial charge in [-0.2, -0.15) is 9.61 Å². The van der Waals surface area contributed by atoms with Crippen molar-refractivity contribution in [3.63, 3.8) is 0 Å². The highest BCUT2D eigenvalue weighted by molar-refractivity contribution is 5.60. The zero-order chi connectivity index (χ0) is 17.1. The molecule has 3 aromatic heterocycles. The Morgan fingerprint density at radius 2 is 2.00 bits per heavy atom. The van der Waals surface area contributed by atoms with Crippen molar-refractivity contribution in [2.24, 2.45) is 0 Å². The molecule has 25 heavy (non-hydrogen) atoms. The normalized spacial score (nSPS) is 11.1. The van der Waals surface area contributed by atoms with Crippen molar-refractivity contribution in [2.75, 3.05) is 11.9 Å². The highest BCUT2D eigenvalue weighted by Gasteiger charge is 2.13. The van der Waals surface area contributed by atoms with Gasteiger partial charge in [-0.15, -0.1) is 15.3 Å². The Kier molecular flexibility index (Phi) is 4.07. The summed E-state index contributed by atoms with van der Waals surface area (Å²) in [5.74, 6) is 0.722. The molecule has 0 amide bonds. The maximum Gasteiger partial charge on any atom is 0.188 e. The molecule has 7 nitrogen and oxygen atoms in total. The Hall–Kier alpha value is -3.29. The van der Waals surface area contributed by atoms with Crippen molar-refractivity contribution < 1.29 is 4.39 Å². The molecule has 0 atom stereocenters. The minimum Gasteiger partial charge on any atom is -0.369 e. The number of hydrogen-bond acceptors (Lipinski definition) is 5. The van der Waals surface area contributed by atoms with Gasteiger partial charge in [0.2, 0.25) is 0 Å². The van der Waals surface area contributed by atoms with Gasteiger partial charge < -0.3 is 5.32 Å². The molecule has 0 unspecified atom stereocenters. The fourth-order valence-corrected chi connectivity index (χ4v) is 2.61. The number of aromatic nitrogens is 6. The van der Waals surface area contributed by atoms with Crippen LogP contribution in [-0.2, 0) is 6.42 Å². The van der Waals surface area contributed by atoms with E-state index in [-0.39, 0.29) is 5.82 Å². The number of aromatic amines is 1. The summed E-state index contributed by atoms with van der Waals surface area (Å²) >= 11 is 0. The topological polar surface area (TPSA) is 83.8 Å². The average Bonchev–Trinajstić information content (AvgIpc) is 3.29. The number of hydrogen-bond donors (Lipinski definition) is 2. The van der Waals surface area contributed by atoms with E-state index < -0.39 is 0 Å². The lowest BCUT2D eigenvalue weighted by Crippen LogP contribution is -2.07. The van der Waals surface area contributed by atoms with Crippen LogP contribution in [0.3, 0.4) is 0 Å². The summed E-state index contributed by atoms with van der Waals surface area (Å²) in [6.07, 6.45) is 3.58. The quantitative estimate of drug-likeness (QED) is 0.529. The van der Waals surface area contributed by atoms with Gasteiger partial charge in [-0.3, -0.25) is 5.10 Å². The molecule has 0 aliphatic rings. The number of H-pyrrole nitrogens is 1. The van der Waals surface area contributed by atoms with Gasteiger partial charge in [0.05, 0.1) is 5.56 Å². The molecule has 0 aliphatic heterocycles. The van der Waals surface area contributed by atoms with E-state index in [1.807, 2.05) is 18.2 Å². The van der Waals surface area contributed by atoms with Crippen molar-refractivity contribution in [1.29, 1.82) is 0 Å². The minimum atomic E-state index is -0.350. The molecule has 0 bridgehead atoms. The molecule has 1 aromatic carbocycles. The van der Waals surface area contributed by atoms with E-state index in [4.69, 9.17) is 0 Å². The summed E-state index contributed by atoms with van der Waals surface area (Å²) < 4.78 is 15.6. The largest absolute Gasteiger partial charge is 0.369 e. The predicted octanol–water partition coefficient (Wildman–Crippen LogP) is 2.70. The van der Waals surface area contributed by atoms with Crippen LogP contribution in [0.5, 0.6) is 0 Å². The molecule has 0 spiro atoms. The van der Waals surface area contributed by atoms with E-state index in [1.165, 1.54) is 6.07 Å². The summed E-state index contributed by atoms with van der Waals surface area (Å²) in [6, 6.07) is 12.1. The van der Waals surface area contributed by atoms with Gasteiger partial charge in [0.1, 0.15) is 11.6 Å². The number of anilines is 1. The second-order valence-electron chi connectivity index (χ2n) is 5.60. The molecular weight excluding hydrogens is 321 g/mol. The number of aryl methyl sites for hydroxylation is 1. The van der Waals surface area contributed by atoms with Crippen LogP contribution in [0.4, 0.5) is 10.2 Å². The fraction of sp³-hybridized carbons (Fsp3) is 0.176. The smallest absolute Gasteiger partial charge is 0.188 e. The Morgan fingerprint density at radius 1 is 1.08 bits per heavy atom. The number of nitrogens with one attached hydrogen (secondary N) is 2. The third kappa shape index (κ3) is 3.18. The van der Waals surface area contributed by atoms with Crippen molar-refractivity contribution in [3.05, 3.63) is 60.2 Å². The van der Waals surface area contributed by atoms with Crippen LogP contribution in [0.25, 0.3) is 17.0 Å². The van der Waals surface area contributed by atoms with Gasteiger partial charge in [-0.25, -0.2) is 4.39 Å². The van der Waals surface area contributed by atoms with Gasteiger partial charge in [0, 0.05) is 18.4 Å². The first kappa shape index (κ1) is 15.3. The van der Waals surface area contributed by atoms with E-state index in [0.717, 1.165) is 25.1 Å². The van der Waals surface area contributed by atoms with Crippen LogP contribution >= 0.6 is 0 Å². The Balaban J connectivity index is 1.51. The molecule has 0 saturated heterocycles. The van der Waals surface area contributed by atoms with E-state index in [2.05, 4.69) is 30.8 Å². The van der Waals surface area contributed by atoms with Gasteiger partial charge in [0.15, 0.2) is 11.5 Å². The van der Waals surface area contributed by atoms with Crippen LogP contribution in [0.1, 0.15) is 12.1 Å². The molecule has 4 aromatic rings. The molecule has 8 heteroatoms. The third-order valence-electron chi connectivity index (χ3n) is 3.86. The number of fused-ring (bicyclic) bond motifs is 1. The molecule has 3 heterocycles. The van der Waals surface area contributed by atoms with Gasteiger partial charge in [-0.05, 0) is 43.2 Å². The maximum atomic E-state index is 14.0. The highest BCUT2D eigenvalue weighted by Crippen LogP contribution is 2.21. The van der Waals surface area contributed by atoms with Crippen molar-refractivity contribution in [1.82, 2.24) is 30.0 Å². The second kappa shape index (κ2) is 6.68. The summed E-state index contributed by atoms with van der Waals surface area (Å²) in [5.41, 5.74) is 2.05. The molecular formula is C17H16FN7. The fourth-order valence-electron chi connectivity index (χ4n) is 2.61. The average molecular weight is 337 g/mol. The van der Waals surface area contributed by atoms with Gasteiger partial charge >= 0.3 is 0 Å². The van der Waals surface area contributed by atoms with Crippen LogP contribution < -0.4 is 5.32 Å². The number of halogens is 1. The van der Waals surface area contributed by atoms with Crippen molar-refractivity contribution >= 4 is 11.5 Å². The Labute approximate surface area is 142 Å². The zero-order valence-corrected chi connectivity index (χ0v) is 13.4. The van der Waals surface area contributed by atoms with Gasteiger partial charge in [-0.1, -0.05) is 12.1 Å². The third-order valence-corrected chi connectivity index (χ3v) is 3.86. The standard InChI is InChI=1S/C17H16FN7/c18-14-6-2-1-5-13(14)17-23-22-16-8-7-15(24-25(16)17)19-10-3-4-12-9-11-20-21-12/h1-2,5-9,11H,3-4,10H2,(H,19,24)(H,20,21). The van der Waals surface area contributed by atoms with Crippen LogP contribution in [0.2, 0.25) is 0 Å². The van der Waals surface area contributed by atoms with E-state index in [1.54, 1.807) is 28.9 Å². The van der Waals surface area contributed by atoms with E-state index >= 15 is 0 Å². The molecule has 126 valence electrons. The number of rotatable bonds is 6. The highest BCUT2D eigenvalue weighted by atomic mass is 19.1. The molecule has 0 fully saturated rings. The zero-order valence-electron chi connectivity index (χ0n) is 13.4. The Bertz CT molecular complexity index is 978. The van der Waals surface area contributed by atoms with Crippen molar-refractivity contribution in [3.8, 4) is 11.4 Å². The summed E-state index contributed by atoms with van der Waals surface area (Å²) in [5, 5.41) is 22.7. The summed E-state index contributed by atoms with van der Waals surface area (Å²) in [6.45, 7) is 0.759. The van der Waals surface area contributed by atoms with Crippen LogP contribution in [0, 0.1) is 5.82 Å². The first-order valence-corrected chi connectivity index (χ1v) is 8.01. The molecule has 4 rings (SSSR count). The minimum absolute atomic E-state index is 0.350. The lowest BCUT2D eigenvalue weighted by atomic mass is 10.2. The predicted molar refractivity (Wildman–Crippen MR) is 91.6 cm³/mol. The number of nitrogens with zero attached hydrogens (tertiary/aromatic N) is 5. The second-order valence-corrected chi connectivity index (χ2v) is 5.60. The van der Waals surface area contributed by atoms with Gasteiger partial charge in [0.25, 0.3) is 0 Å².